The lowest BCUT2D eigenvalue weighted by molar-refractivity contribution is -0.137. The molecule has 0 aliphatic rings. The van der Waals surface area contributed by atoms with E-state index in [0.29, 0.717) is 17.7 Å². The number of ether oxygens (including phenoxy) is 1. The number of primary amides is 1. The molecule has 0 radical (unpaired) electrons. The molecule has 0 aliphatic carbocycles. The van der Waals surface area contributed by atoms with Crippen LogP contribution in [0.4, 0.5) is 4.79 Å². The zero-order valence-electron chi connectivity index (χ0n) is 12.4. The van der Waals surface area contributed by atoms with Crippen LogP contribution in [0.5, 0.6) is 5.75 Å². The van der Waals surface area contributed by atoms with Crippen LogP contribution < -0.4 is 15.8 Å². The number of urea groups is 1. The van der Waals surface area contributed by atoms with Crippen molar-refractivity contribution >= 4 is 17.8 Å². The molecule has 21 heavy (non-hydrogen) atoms. The molecule has 0 heterocycles. The molecule has 114 valence electrons. The number of hydrogen-bond donors (Lipinski definition) is 2. The Kier molecular flexibility index (Phi) is 5.90. The van der Waals surface area contributed by atoms with E-state index >= 15 is 0 Å². The lowest BCUT2D eigenvalue weighted by atomic mass is 9.99. The highest BCUT2D eigenvalue weighted by molar-refractivity contribution is 5.94. The highest BCUT2D eigenvalue weighted by Crippen LogP contribution is 2.16. The van der Waals surface area contributed by atoms with Gasteiger partial charge >= 0.3 is 12.0 Å². The topological polar surface area (TPSA) is 98.5 Å². The minimum Gasteiger partial charge on any atom is -0.425 e. The Morgan fingerprint density at radius 1 is 1.24 bits per heavy atom. The van der Waals surface area contributed by atoms with Crippen LogP contribution in [0.1, 0.15) is 37.6 Å². The number of carbonyl (C=O) groups excluding carboxylic acids is 3. The molecule has 6 heteroatoms. The van der Waals surface area contributed by atoms with Crippen molar-refractivity contribution in [1.82, 2.24) is 5.32 Å². The molecule has 1 aromatic carbocycles. The molecule has 0 aliphatic heterocycles. The van der Waals surface area contributed by atoms with E-state index in [1.165, 1.54) is 19.1 Å². The first-order valence-corrected chi connectivity index (χ1v) is 6.73. The Hall–Kier alpha value is -2.37. The number of carbonyl (C=O) groups is 3. The molecule has 1 rings (SSSR count). The lowest BCUT2D eigenvalue weighted by Gasteiger charge is -2.21. The fourth-order valence-electron chi connectivity index (χ4n) is 1.76. The number of ketones is 1. The Bertz CT molecular complexity index is 525. The molecule has 0 unspecified atom stereocenters. The second kappa shape index (κ2) is 7.42. The molecule has 1 aromatic rings. The van der Waals surface area contributed by atoms with Gasteiger partial charge in [-0.3, -0.25) is 4.79 Å². The molecule has 2 amide bonds. The fraction of sp³-hybridized carbons (Fsp3) is 0.400. The van der Waals surface area contributed by atoms with Gasteiger partial charge in [-0.25, -0.2) is 9.59 Å². The lowest BCUT2D eigenvalue weighted by Crippen LogP contribution is -2.49. The number of benzene rings is 1. The van der Waals surface area contributed by atoms with E-state index in [4.69, 9.17) is 10.5 Å². The summed E-state index contributed by atoms with van der Waals surface area (Å²) in [6.07, 6.45) is 0.684. The molecule has 2 atom stereocenters. The van der Waals surface area contributed by atoms with Crippen LogP contribution >= 0.6 is 0 Å². The van der Waals surface area contributed by atoms with Crippen molar-refractivity contribution in [2.45, 2.75) is 33.2 Å². The zero-order chi connectivity index (χ0) is 16.0. The number of hydrogen-bond acceptors (Lipinski definition) is 4. The monoisotopic (exact) mass is 292 g/mol. The molecule has 6 nitrogen and oxygen atoms in total. The second-order valence-electron chi connectivity index (χ2n) is 4.87. The highest BCUT2D eigenvalue weighted by atomic mass is 16.5. The van der Waals surface area contributed by atoms with Gasteiger partial charge in [0.25, 0.3) is 0 Å². The maximum absolute atomic E-state index is 12.1. The van der Waals surface area contributed by atoms with Crippen molar-refractivity contribution in [3.05, 3.63) is 29.8 Å². The Balaban J connectivity index is 2.80. The van der Waals surface area contributed by atoms with Gasteiger partial charge in [-0.05, 0) is 37.1 Å². The average Bonchev–Trinajstić information content (AvgIpc) is 2.44. The van der Waals surface area contributed by atoms with Gasteiger partial charge in [0.2, 0.25) is 0 Å². The first-order valence-electron chi connectivity index (χ1n) is 6.73. The number of amides is 2. The van der Waals surface area contributed by atoms with Gasteiger partial charge in [-0.2, -0.15) is 0 Å². The molecular weight excluding hydrogens is 272 g/mol. The SMILES string of the molecule is CC[C@H](C)[C@H](NC(N)=O)C(=O)Oc1ccc(C(C)=O)cc1. The van der Waals surface area contributed by atoms with Crippen molar-refractivity contribution in [2.24, 2.45) is 11.7 Å². The van der Waals surface area contributed by atoms with Gasteiger partial charge in [0.1, 0.15) is 11.8 Å². The maximum atomic E-state index is 12.1. The fourth-order valence-corrected chi connectivity index (χ4v) is 1.76. The molecule has 0 aromatic heterocycles. The average molecular weight is 292 g/mol. The standard InChI is InChI=1S/C15H20N2O4/c1-4-9(2)13(17-15(16)20)14(19)21-12-7-5-11(6-8-12)10(3)18/h5-9,13H,4H2,1-3H3,(H3,16,17,20)/t9-,13-/m0/s1. The molecular formula is C15H20N2O4. The summed E-state index contributed by atoms with van der Waals surface area (Å²) >= 11 is 0. The summed E-state index contributed by atoms with van der Waals surface area (Å²) in [5.41, 5.74) is 5.61. The van der Waals surface area contributed by atoms with E-state index in [-0.39, 0.29) is 11.7 Å². The van der Waals surface area contributed by atoms with Crippen molar-refractivity contribution < 1.29 is 19.1 Å². The maximum Gasteiger partial charge on any atom is 0.334 e. The van der Waals surface area contributed by atoms with Crippen molar-refractivity contribution in [1.29, 1.82) is 0 Å². The van der Waals surface area contributed by atoms with E-state index in [0.717, 1.165) is 0 Å². The van der Waals surface area contributed by atoms with Crippen LogP contribution in [-0.4, -0.2) is 23.8 Å². The third kappa shape index (κ3) is 4.91. The summed E-state index contributed by atoms with van der Waals surface area (Å²) in [5.74, 6) is -0.453. The van der Waals surface area contributed by atoms with E-state index in [2.05, 4.69) is 5.32 Å². The number of nitrogens with two attached hydrogens (primary N) is 1. The summed E-state index contributed by atoms with van der Waals surface area (Å²) in [6.45, 7) is 5.17. The third-order valence-corrected chi connectivity index (χ3v) is 3.24. The minimum absolute atomic E-state index is 0.0687. The van der Waals surface area contributed by atoms with Crippen molar-refractivity contribution in [3.8, 4) is 5.75 Å². The van der Waals surface area contributed by atoms with Crippen molar-refractivity contribution in [2.75, 3.05) is 0 Å². The Morgan fingerprint density at radius 3 is 2.24 bits per heavy atom. The Labute approximate surface area is 123 Å². The second-order valence-corrected chi connectivity index (χ2v) is 4.87. The highest BCUT2D eigenvalue weighted by Gasteiger charge is 2.27. The van der Waals surface area contributed by atoms with Crippen LogP contribution in [0.15, 0.2) is 24.3 Å². The summed E-state index contributed by atoms with van der Waals surface area (Å²) in [6, 6.07) is 4.64. The number of nitrogens with one attached hydrogen (secondary N) is 1. The predicted octanol–water partition coefficient (Wildman–Crippen LogP) is 1.88. The van der Waals surface area contributed by atoms with Crippen LogP contribution in [0.25, 0.3) is 0 Å². The van der Waals surface area contributed by atoms with E-state index in [1.54, 1.807) is 12.1 Å². The molecule has 3 N–H and O–H groups in total. The third-order valence-electron chi connectivity index (χ3n) is 3.24. The largest absolute Gasteiger partial charge is 0.425 e. The number of esters is 1. The summed E-state index contributed by atoms with van der Waals surface area (Å²) in [4.78, 5) is 34.2. The van der Waals surface area contributed by atoms with Gasteiger partial charge in [-0.1, -0.05) is 20.3 Å². The van der Waals surface area contributed by atoms with Gasteiger partial charge in [-0.15, -0.1) is 0 Å². The van der Waals surface area contributed by atoms with Crippen LogP contribution in [-0.2, 0) is 4.79 Å². The molecule has 0 spiro atoms. The van der Waals surface area contributed by atoms with Gasteiger partial charge in [0, 0.05) is 5.56 Å². The smallest absolute Gasteiger partial charge is 0.334 e. The molecule has 0 bridgehead atoms. The minimum atomic E-state index is -0.806. The van der Waals surface area contributed by atoms with Gasteiger partial charge < -0.3 is 15.8 Å². The first-order chi connectivity index (χ1) is 9.85. The summed E-state index contributed by atoms with van der Waals surface area (Å²) in [5, 5.41) is 2.39. The normalized spacial score (nSPS) is 13.1. The van der Waals surface area contributed by atoms with E-state index in [1.807, 2.05) is 13.8 Å². The Morgan fingerprint density at radius 2 is 1.81 bits per heavy atom. The van der Waals surface area contributed by atoms with Gasteiger partial charge in [0.05, 0.1) is 0 Å². The number of Topliss-reactive ketones (excluding diaryl/α,β-unsaturated/α-hetero) is 1. The quantitative estimate of drug-likeness (QED) is 0.475. The van der Waals surface area contributed by atoms with E-state index < -0.39 is 18.0 Å². The molecule has 0 fully saturated rings. The van der Waals surface area contributed by atoms with Gasteiger partial charge in [0.15, 0.2) is 5.78 Å². The molecule has 0 saturated carbocycles. The predicted molar refractivity (Wildman–Crippen MR) is 78.0 cm³/mol. The zero-order valence-corrected chi connectivity index (χ0v) is 12.4. The summed E-state index contributed by atoms with van der Waals surface area (Å²) in [7, 11) is 0. The van der Waals surface area contributed by atoms with Crippen LogP contribution in [0, 0.1) is 5.92 Å². The van der Waals surface area contributed by atoms with Crippen LogP contribution in [0.2, 0.25) is 0 Å². The first kappa shape index (κ1) is 16.7. The van der Waals surface area contributed by atoms with Crippen LogP contribution in [0.3, 0.4) is 0 Å². The van der Waals surface area contributed by atoms with Crippen molar-refractivity contribution in [3.63, 3.8) is 0 Å². The summed E-state index contributed by atoms with van der Waals surface area (Å²) < 4.78 is 5.21. The van der Waals surface area contributed by atoms with E-state index in [9.17, 15) is 14.4 Å². The molecule has 0 saturated heterocycles. The number of rotatable bonds is 6.